The van der Waals surface area contributed by atoms with Crippen molar-refractivity contribution in [2.45, 2.75) is 51.0 Å². The summed E-state index contributed by atoms with van der Waals surface area (Å²) >= 11 is 0. The van der Waals surface area contributed by atoms with Crippen LogP contribution >= 0.6 is 24.0 Å². The number of aliphatic imine (C=N–C) groups is 1. The molecule has 0 radical (unpaired) electrons. The second kappa shape index (κ2) is 13.3. The third-order valence-electron chi connectivity index (χ3n) is 5.58. The molecule has 2 aliphatic rings. The number of carbonyl (C=O) groups is 1. The number of benzene rings is 1. The molecule has 0 saturated heterocycles. The number of guanidine groups is 1. The van der Waals surface area contributed by atoms with Crippen LogP contribution in [0, 0.1) is 0 Å². The van der Waals surface area contributed by atoms with E-state index in [-0.39, 0.29) is 29.9 Å². The third-order valence-corrected chi connectivity index (χ3v) is 5.58. The van der Waals surface area contributed by atoms with Gasteiger partial charge in [0.05, 0.1) is 19.5 Å². The highest BCUT2D eigenvalue weighted by Crippen LogP contribution is 2.32. The molecule has 1 fully saturated rings. The second-order valence-electron chi connectivity index (χ2n) is 8.12. The summed E-state index contributed by atoms with van der Waals surface area (Å²) < 4.78 is 16.9. The molecule has 1 aliphatic carbocycles. The van der Waals surface area contributed by atoms with Crippen LogP contribution in [0.1, 0.15) is 44.3 Å². The zero-order chi connectivity index (χ0) is 22.0. The van der Waals surface area contributed by atoms with Gasteiger partial charge in [0.25, 0.3) is 0 Å². The number of halogens is 1. The molecule has 9 heteroatoms. The molecule has 1 amide bonds. The maximum atomic E-state index is 12.2. The van der Waals surface area contributed by atoms with Crippen LogP contribution in [0.4, 0.5) is 5.69 Å². The van der Waals surface area contributed by atoms with Crippen LogP contribution in [0.15, 0.2) is 46.0 Å². The first-order valence-electron chi connectivity index (χ1n) is 11.5. The lowest BCUT2D eigenvalue weighted by Gasteiger charge is -2.15. The normalized spacial score (nSPS) is 15.9. The van der Waals surface area contributed by atoms with Crippen molar-refractivity contribution in [2.24, 2.45) is 4.99 Å². The van der Waals surface area contributed by atoms with Gasteiger partial charge in [0, 0.05) is 50.1 Å². The van der Waals surface area contributed by atoms with Crippen LogP contribution in [0.3, 0.4) is 0 Å². The SMILES string of the molecule is I.O=C(CCNC(=NCCc1ccco1)Nc1ccc2c(c1)OCCCO2)NC1CCCC1. The third kappa shape index (κ3) is 8.13. The summed E-state index contributed by atoms with van der Waals surface area (Å²) in [5, 5.41) is 9.71. The number of fused-ring (bicyclic) bond motifs is 1. The maximum absolute atomic E-state index is 12.2. The Hall–Kier alpha value is -2.43. The standard InChI is InChI=1S/C24H32N4O4.HI/c29-23(27-18-5-1-2-6-18)11-13-26-24(25-12-10-20-7-3-14-30-20)28-19-8-9-21-22(17-19)32-16-4-15-31-21;/h3,7-9,14,17-18H,1-2,4-6,10-13,15-16H2,(H,27,29)(H2,25,26,28);1H. The lowest BCUT2D eigenvalue weighted by Crippen LogP contribution is -2.37. The van der Waals surface area contributed by atoms with Crippen molar-refractivity contribution in [3.8, 4) is 11.5 Å². The smallest absolute Gasteiger partial charge is 0.221 e. The van der Waals surface area contributed by atoms with E-state index < -0.39 is 0 Å². The van der Waals surface area contributed by atoms with Gasteiger partial charge < -0.3 is 29.8 Å². The first-order valence-corrected chi connectivity index (χ1v) is 11.5. The number of amides is 1. The first kappa shape index (κ1) is 25.2. The maximum Gasteiger partial charge on any atom is 0.221 e. The highest BCUT2D eigenvalue weighted by atomic mass is 127. The zero-order valence-corrected chi connectivity index (χ0v) is 21.1. The fourth-order valence-corrected chi connectivity index (χ4v) is 3.91. The first-order chi connectivity index (χ1) is 15.8. The van der Waals surface area contributed by atoms with E-state index in [1.54, 1.807) is 6.26 Å². The summed E-state index contributed by atoms with van der Waals surface area (Å²) in [5.74, 6) is 3.05. The lowest BCUT2D eigenvalue weighted by atomic mass is 10.2. The van der Waals surface area contributed by atoms with Gasteiger partial charge in [-0.3, -0.25) is 9.79 Å². The molecule has 1 aromatic carbocycles. The van der Waals surface area contributed by atoms with Gasteiger partial charge in [-0.15, -0.1) is 24.0 Å². The highest BCUT2D eigenvalue weighted by molar-refractivity contribution is 14.0. The summed E-state index contributed by atoms with van der Waals surface area (Å²) in [5.41, 5.74) is 0.842. The average molecular weight is 568 g/mol. The second-order valence-corrected chi connectivity index (χ2v) is 8.12. The molecule has 0 bridgehead atoms. The van der Waals surface area contributed by atoms with E-state index in [0.29, 0.717) is 51.1 Å². The van der Waals surface area contributed by atoms with Crippen LogP contribution in [-0.4, -0.2) is 44.2 Å². The van der Waals surface area contributed by atoms with Gasteiger partial charge in [-0.25, -0.2) is 0 Å². The largest absolute Gasteiger partial charge is 0.490 e. The van der Waals surface area contributed by atoms with Gasteiger partial charge in [-0.2, -0.15) is 0 Å². The number of nitrogens with zero attached hydrogens (tertiary/aromatic N) is 1. The summed E-state index contributed by atoms with van der Waals surface area (Å²) in [6.45, 7) is 2.34. The van der Waals surface area contributed by atoms with Gasteiger partial charge in [-0.1, -0.05) is 12.8 Å². The predicted octanol–water partition coefficient (Wildman–Crippen LogP) is 4.11. The minimum absolute atomic E-state index is 0. The van der Waals surface area contributed by atoms with Crippen LogP contribution in [0.25, 0.3) is 0 Å². The molecular weight excluding hydrogens is 535 g/mol. The lowest BCUT2D eigenvalue weighted by molar-refractivity contribution is -0.121. The minimum atomic E-state index is 0. The minimum Gasteiger partial charge on any atom is -0.490 e. The van der Waals surface area contributed by atoms with Crippen LogP contribution in [0.2, 0.25) is 0 Å². The summed E-state index contributed by atoms with van der Waals surface area (Å²) in [6, 6.07) is 9.90. The van der Waals surface area contributed by atoms with Crippen molar-refractivity contribution in [1.82, 2.24) is 10.6 Å². The molecule has 0 atom stereocenters. The molecule has 1 saturated carbocycles. The van der Waals surface area contributed by atoms with Crippen LogP contribution in [-0.2, 0) is 11.2 Å². The Morgan fingerprint density at radius 2 is 1.88 bits per heavy atom. The Bertz CT molecular complexity index is 898. The zero-order valence-electron chi connectivity index (χ0n) is 18.8. The predicted molar refractivity (Wildman–Crippen MR) is 139 cm³/mol. The molecule has 2 heterocycles. The quantitative estimate of drug-likeness (QED) is 0.252. The molecular formula is C24H33IN4O4. The fourth-order valence-electron chi connectivity index (χ4n) is 3.91. The molecule has 2 aromatic rings. The number of anilines is 1. The van der Waals surface area contributed by atoms with E-state index in [4.69, 9.17) is 13.9 Å². The topological polar surface area (TPSA) is 97.1 Å². The number of rotatable bonds is 8. The molecule has 0 spiro atoms. The number of furan rings is 1. The molecule has 33 heavy (non-hydrogen) atoms. The Kier molecular flexibility index (Phi) is 10.2. The Morgan fingerprint density at radius 3 is 2.67 bits per heavy atom. The summed E-state index contributed by atoms with van der Waals surface area (Å²) in [6.07, 6.45) is 8.21. The number of ether oxygens (including phenoxy) is 2. The van der Waals surface area contributed by atoms with E-state index >= 15 is 0 Å². The Labute approximate surface area is 211 Å². The molecule has 180 valence electrons. The number of nitrogens with one attached hydrogen (secondary N) is 3. The molecule has 8 nitrogen and oxygen atoms in total. The Morgan fingerprint density at radius 1 is 1.06 bits per heavy atom. The van der Waals surface area contributed by atoms with Crippen molar-refractivity contribution in [2.75, 3.05) is 31.6 Å². The number of hydrogen-bond acceptors (Lipinski definition) is 5. The van der Waals surface area contributed by atoms with Crippen molar-refractivity contribution >= 4 is 41.5 Å². The molecule has 1 aliphatic heterocycles. The summed E-state index contributed by atoms with van der Waals surface area (Å²) in [7, 11) is 0. The van der Waals surface area contributed by atoms with Crippen molar-refractivity contribution in [3.05, 3.63) is 42.4 Å². The fraction of sp³-hybridized carbons (Fsp3) is 0.500. The van der Waals surface area contributed by atoms with Crippen molar-refractivity contribution in [1.29, 1.82) is 0 Å². The van der Waals surface area contributed by atoms with Crippen LogP contribution < -0.4 is 25.4 Å². The Balaban J connectivity index is 0.00000306. The molecule has 0 unspecified atom stereocenters. The van der Waals surface area contributed by atoms with Crippen LogP contribution in [0.5, 0.6) is 11.5 Å². The van der Waals surface area contributed by atoms with Crippen molar-refractivity contribution in [3.63, 3.8) is 0 Å². The van der Waals surface area contributed by atoms with Gasteiger partial charge in [0.2, 0.25) is 5.91 Å². The van der Waals surface area contributed by atoms with E-state index in [1.165, 1.54) is 12.8 Å². The monoisotopic (exact) mass is 568 g/mol. The van der Waals surface area contributed by atoms with E-state index in [2.05, 4.69) is 20.9 Å². The number of hydrogen-bond donors (Lipinski definition) is 3. The van der Waals surface area contributed by atoms with E-state index in [9.17, 15) is 4.79 Å². The highest BCUT2D eigenvalue weighted by Gasteiger charge is 2.17. The molecule has 3 N–H and O–H groups in total. The van der Waals surface area contributed by atoms with Crippen molar-refractivity contribution < 1.29 is 18.7 Å². The molecule has 4 rings (SSSR count). The van der Waals surface area contributed by atoms with Gasteiger partial charge in [0.1, 0.15) is 5.76 Å². The van der Waals surface area contributed by atoms with Gasteiger partial charge in [-0.05, 0) is 37.1 Å². The van der Waals surface area contributed by atoms with E-state index in [1.807, 2.05) is 30.3 Å². The number of carbonyl (C=O) groups excluding carboxylic acids is 1. The average Bonchev–Trinajstić information content (AvgIpc) is 3.44. The van der Waals surface area contributed by atoms with Gasteiger partial charge >= 0.3 is 0 Å². The molecule has 1 aromatic heterocycles. The van der Waals surface area contributed by atoms with Gasteiger partial charge in [0.15, 0.2) is 17.5 Å². The summed E-state index contributed by atoms with van der Waals surface area (Å²) in [4.78, 5) is 16.9. The van der Waals surface area contributed by atoms with E-state index in [0.717, 1.165) is 42.2 Å².